The maximum Gasteiger partial charge on any atom is 0.338 e. The van der Waals surface area contributed by atoms with Crippen molar-refractivity contribution in [3.63, 3.8) is 0 Å². The van der Waals surface area contributed by atoms with Gasteiger partial charge in [0.05, 0.1) is 18.1 Å². The molecule has 18 heavy (non-hydrogen) atoms. The summed E-state index contributed by atoms with van der Waals surface area (Å²) in [6.45, 7) is 2.10. The van der Waals surface area contributed by atoms with E-state index in [1.807, 2.05) is 12.2 Å². The van der Waals surface area contributed by atoms with Crippen LogP contribution in [0.4, 0.5) is 5.69 Å². The third kappa shape index (κ3) is 2.71. The van der Waals surface area contributed by atoms with E-state index in [-0.39, 0.29) is 11.9 Å². The molecular formula is C14H15NO3. The monoisotopic (exact) mass is 245 g/mol. The Hall–Kier alpha value is -2.23. The van der Waals surface area contributed by atoms with Gasteiger partial charge in [-0.1, -0.05) is 18.2 Å². The fraction of sp³-hybridized carbons (Fsp3) is 0.214. The first-order valence-electron chi connectivity index (χ1n) is 5.77. The summed E-state index contributed by atoms with van der Waals surface area (Å²) in [5, 5.41) is 9.07. The number of aliphatic hydroxyl groups is 1. The second-order valence-electron chi connectivity index (χ2n) is 4.04. The molecule has 4 nitrogen and oxygen atoms in total. The Labute approximate surface area is 105 Å². The predicted molar refractivity (Wildman–Crippen MR) is 70.0 cm³/mol. The number of carbonyl (C=O) groups excluding carboxylic acids is 1. The molecule has 0 fully saturated rings. The molecule has 0 heterocycles. The number of aliphatic hydroxyl groups excluding tert-OH is 1. The van der Waals surface area contributed by atoms with E-state index in [0.29, 0.717) is 23.6 Å². The van der Waals surface area contributed by atoms with Gasteiger partial charge in [0.15, 0.2) is 0 Å². The summed E-state index contributed by atoms with van der Waals surface area (Å²) < 4.78 is 4.89. The highest BCUT2D eigenvalue weighted by atomic mass is 16.5. The lowest BCUT2D eigenvalue weighted by Gasteiger charge is -2.05. The Morgan fingerprint density at radius 1 is 1.56 bits per heavy atom. The van der Waals surface area contributed by atoms with Crippen molar-refractivity contribution in [3.8, 4) is 0 Å². The molecule has 94 valence electrons. The summed E-state index contributed by atoms with van der Waals surface area (Å²) in [4.78, 5) is 11.5. The molecule has 0 saturated carbocycles. The van der Waals surface area contributed by atoms with Crippen LogP contribution in [0.3, 0.4) is 0 Å². The first-order valence-corrected chi connectivity index (χ1v) is 5.77. The van der Waals surface area contributed by atoms with Crippen molar-refractivity contribution >= 4 is 17.7 Å². The molecule has 0 amide bonds. The van der Waals surface area contributed by atoms with Crippen molar-refractivity contribution in [3.05, 3.63) is 47.2 Å². The zero-order valence-electron chi connectivity index (χ0n) is 10.1. The Morgan fingerprint density at radius 3 is 2.83 bits per heavy atom. The van der Waals surface area contributed by atoms with Crippen LogP contribution >= 0.6 is 0 Å². The Kier molecular flexibility index (Phi) is 3.37. The lowest BCUT2D eigenvalue weighted by Crippen LogP contribution is -2.05. The molecule has 1 aliphatic carbocycles. The lowest BCUT2D eigenvalue weighted by molar-refractivity contribution is 0.0526. The van der Waals surface area contributed by atoms with E-state index in [1.54, 1.807) is 31.2 Å². The summed E-state index contributed by atoms with van der Waals surface area (Å²) >= 11 is 0. The number of carbonyl (C=O) groups is 1. The second kappa shape index (κ2) is 4.96. The summed E-state index contributed by atoms with van der Waals surface area (Å²) in [5.74, 6) is 0.0448. The van der Waals surface area contributed by atoms with Gasteiger partial charge in [-0.15, -0.1) is 0 Å². The van der Waals surface area contributed by atoms with Crippen LogP contribution in [0.1, 0.15) is 22.8 Å². The number of benzene rings is 1. The zero-order chi connectivity index (χ0) is 13.1. The Balaban J connectivity index is 2.10. The quantitative estimate of drug-likeness (QED) is 0.631. The highest BCUT2D eigenvalue weighted by Crippen LogP contribution is 2.28. The largest absolute Gasteiger partial charge is 0.512 e. The second-order valence-corrected chi connectivity index (χ2v) is 4.04. The summed E-state index contributed by atoms with van der Waals surface area (Å²) in [5.41, 5.74) is 7.63. The van der Waals surface area contributed by atoms with Crippen LogP contribution in [0.2, 0.25) is 0 Å². The molecule has 0 radical (unpaired) electrons. The number of nitrogens with two attached hydrogens (primary N) is 1. The number of allylic oxidation sites excluding steroid dienone is 2. The van der Waals surface area contributed by atoms with Crippen molar-refractivity contribution in [1.82, 2.24) is 0 Å². The first kappa shape index (κ1) is 12.2. The molecule has 1 aliphatic rings. The van der Waals surface area contributed by atoms with Gasteiger partial charge in [-0.2, -0.15) is 0 Å². The van der Waals surface area contributed by atoms with Gasteiger partial charge in [0.1, 0.15) is 5.76 Å². The summed E-state index contributed by atoms with van der Waals surface area (Å²) in [7, 11) is 0. The minimum Gasteiger partial charge on any atom is -0.512 e. The van der Waals surface area contributed by atoms with Crippen LogP contribution in [0, 0.1) is 5.92 Å². The molecule has 4 heteroatoms. The van der Waals surface area contributed by atoms with Gasteiger partial charge in [-0.3, -0.25) is 0 Å². The van der Waals surface area contributed by atoms with E-state index in [2.05, 4.69) is 0 Å². The number of anilines is 1. The number of nitrogen functional groups attached to an aromatic ring is 1. The number of esters is 1. The molecule has 1 aromatic rings. The molecule has 1 atom stereocenters. The average Bonchev–Trinajstić information content (AvgIpc) is 3.04. The molecule has 0 saturated heterocycles. The van der Waals surface area contributed by atoms with E-state index < -0.39 is 0 Å². The first-order chi connectivity index (χ1) is 8.61. The Morgan fingerprint density at radius 2 is 2.28 bits per heavy atom. The van der Waals surface area contributed by atoms with E-state index in [9.17, 15) is 4.79 Å². The van der Waals surface area contributed by atoms with Crippen molar-refractivity contribution < 1.29 is 14.6 Å². The third-order valence-corrected chi connectivity index (χ3v) is 2.66. The zero-order valence-corrected chi connectivity index (χ0v) is 10.1. The van der Waals surface area contributed by atoms with Crippen LogP contribution in [-0.2, 0) is 4.74 Å². The molecule has 0 bridgehead atoms. The van der Waals surface area contributed by atoms with Crippen LogP contribution < -0.4 is 5.73 Å². The fourth-order valence-electron chi connectivity index (χ4n) is 1.57. The molecule has 1 unspecified atom stereocenters. The molecule has 0 aromatic heterocycles. The number of ether oxygens (including phenoxy) is 1. The Bertz CT molecular complexity index is 532. The average molecular weight is 245 g/mol. The van der Waals surface area contributed by atoms with Crippen LogP contribution in [0.15, 0.2) is 36.1 Å². The molecule has 1 aromatic carbocycles. The number of hydrogen-bond acceptors (Lipinski definition) is 4. The summed E-state index contributed by atoms with van der Waals surface area (Å²) in [6, 6.07) is 5.03. The van der Waals surface area contributed by atoms with E-state index in [4.69, 9.17) is 15.6 Å². The highest BCUT2D eigenvalue weighted by Gasteiger charge is 2.20. The van der Waals surface area contributed by atoms with Crippen molar-refractivity contribution in [1.29, 1.82) is 0 Å². The lowest BCUT2D eigenvalue weighted by atomic mass is 10.1. The fourth-order valence-corrected chi connectivity index (χ4v) is 1.57. The van der Waals surface area contributed by atoms with Gasteiger partial charge in [0.2, 0.25) is 0 Å². The maximum absolute atomic E-state index is 11.5. The molecular weight excluding hydrogens is 230 g/mol. The van der Waals surface area contributed by atoms with Crippen LogP contribution in [-0.4, -0.2) is 17.7 Å². The topological polar surface area (TPSA) is 72.5 Å². The van der Waals surface area contributed by atoms with Gasteiger partial charge in [0, 0.05) is 5.69 Å². The van der Waals surface area contributed by atoms with Crippen molar-refractivity contribution in [2.75, 3.05) is 12.3 Å². The molecule has 2 rings (SSSR count). The van der Waals surface area contributed by atoms with Gasteiger partial charge in [-0.25, -0.2) is 4.79 Å². The van der Waals surface area contributed by atoms with E-state index >= 15 is 0 Å². The van der Waals surface area contributed by atoms with Crippen molar-refractivity contribution in [2.24, 2.45) is 5.92 Å². The maximum atomic E-state index is 11.5. The molecule has 0 aliphatic heterocycles. The standard InChI is InChI=1S/C14H15NO3/c1-2-18-14(17)11-6-4-9(12(15)7-11)3-5-10-8-13(10)16/h3-8,10,16H,2,15H2,1H3. The highest BCUT2D eigenvalue weighted by molar-refractivity contribution is 5.91. The minimum atomic E-state index is -0.374. The van der Waals surface area contributed by atoms with Gasteiger partial charge < -0.3 is 15.6 Å². The SMILES string of the molecule is CCOC(=O)c1ccc(C=CC2C=C2O)c(N)c1. The number of hydrogen-bond donors (Lipinski definition) is 2. The smallest absolute Gasteiger partial charge is 0.338 e. The van der Waals surface area contributed by atoms with E-state index in [1.165, 1.54) is 0 Å². The van der Waals surface area contributed by atoms with Gasteiger partial charge >= 0.3 is 5.97 Å². The van der Waals surface area contributed by atoms with Crippen LogP contribution in [0.25, 0.3) is 6.08 Å². The van der Waals surface area contributed by atoms with Gasteiger partial charge in [0.25, 0.3) is 0 Å². The normalized spacial score (nSPS) is 17.6. The molecule has 3 N–H and O–H groups in total. The van der Waals surface area contributed by atoms with Gasteiger partial charge in [-0.05, 0) is 30.7 Å². The van der Waals surface area contributed by atoms with Crippen LogP contribution in [0.5, 0.6) is 0 Å². The third-order valence-electron chi connectivity index (χ3n) is 2.66. The minimum absolute atomic E-state index is 0.0362. The molecule has 0 spiro atoms. The van der Waals surface area contributed by atoms with Crippen molar-refractivity contribution in [2.45, 2.75) is 6.92 Å². The predicted octanol–water partition coefficient (Wildman–Crippen LogP) is 2.53. The summed E-state index contributed by atoms with van der Waals surface area (Å²) in [6.07, 6.45) is 5.42. The number of rotatable bonds is 4. The van der Waals surface area contributed by atoms with E-state index in [0.717, 1.165) is 5.56 Å².